The van der Waals surface area contributed by atoms with Gasteiger partial charge in [0.15, 0.2) is 5.78 Å². The Bertz CT molecular complexity index is 1010. The Balaban J connectivity index is 1.58. The van der Waals surface area contributed by atoms with E-state index in [0.29, 0.717) is 10.7 Å². The summed E-state index contributed by atoms with van der Waals surface area (Å²) in [5.41, 5.74) is 3.83. The zero-order chi connectivity index (χ0) is 21.8. The molecule has 1 amide bonds. The lowest BCUT2D eigenvalue weighted by Crippen LogP contribution is -2.43. The van der Waals surface area contributed by atoms with Gasteiger partial charge in [-0.3, -0.25) is 9.59 Å². The zero-order valence-electron chi connectivity index (χ0n) is 17.1. The highest BCUT2D eigenvalue weighted by atomic mass is 35.5. The third-order valence-electron chi connectivity index (χ3n) is 5.73. The molecule has 2 fully saturated rings. The number of rotatable bonds is 5. The van der Waals surface area contributed by atoms with Crippen LogP contribution in [0.4, 0.5) is 11.4 Å². The topological polar surface area (TPSA) is 88.5 Å². The zero-order valence-corrected chi connectivity index (χ0v) is 17.9. The fourth-order valence-corrected chi connectivity index (χ4v) is 4.35. The molecule has 31 heavy (non-hydrogen) atoms. The molecular formula is C23H24ClN5O2. The number of nitriles is 1. The van der Waals surface area contributed by atoms with Gasteiger partial charge in [-0.15, -0.1) is 0 Å². The second kappa shape index (κ2) is 9.38. The molecule has 0 aliphatic carbocycles. The molecule has 2 aliphatic rings. The van der Waals surface area contributed by atoms with Crippen LogP contribution in [0.5, 0.6) is 0 Å². The molecule has 2 N–H and O–H groups in total. The number of benzene rings is 2. The largest absolute Gasteiger partial charge is 0.369 e. The molecule has 0 spiro atoms. The maximum Gasteiger partial charge on any atom is 0.244 e. The monoisotopic (exact) mass is 437 g/mol. The normalized spacial score (nSPS) is 18.7. The third-order valence-corrected chi connectivity index (χ3v) is 6.05. The van der Waals surface area contributed by atoms with Gasteiger partial charge in [0.2, 0.25) is 5.91 Å². The Morgan fingerprint density at radius 2 is 1.87 bits per heavy atom. The van der Waals surface area contributed by atoms with Crippen LogP contribution in [-0.4, -0.2) is 57.0 Å². The highest BCUT2D eigenvalue weighted by Gasteiger charge is 2.36. The van der Waals surface area contributed by atoms with Gasteiger partial charge in [-0.1, -0.05) is 29.8 Å². The second-order valence-electron chi connectivity index (χ2n) is 7.71. The van der Waals surface area contributed by atoms with Crippen LogP contribution < -0.4 is 20.4 Å². The van der Waals surface area contributed by atoms with Crippen molar-refractivity contribution < 1.29 is 9.59 Å². The van der Waals surface area contributed by atoms with Crippen LogP contribution in [0.2, 0.25) is 5.02 Å². The maximum absolute atomic E-state index is 12.5. The van der Waals surface area contributed by atoms with E-state index in [1.165, 1.54) is 5.69 Å². The quantitative estimate of drug-likeness (QED) is 0.697. The summed E-state index contributed by atoms with van der Waals surface area (Å²) in [5.74, 6) is -0.367. The molecule has 2 saturated heterocycles. The molecular weight excluding hydrogens is 414 g/mol. The average Bonchev–Trinajstić information content (AvgIpc) is 3.20. The number of ketones is 1. The van der Waals surface area contributed by atoms with Crippen LogP contribution >= 0.6 is 11.6 Å². The molecule has 0 unspecified atom stereocenters. The van der Waals surface area contributed by atoms with E-state index < -0.39 is 6.04 Å². The molecule has 0 radical (unpaired) electrons. The van der Waals surface area contributed by atoms with E-state index in [-0.39, 0.29) is 31.2 Å². The summed E-state index contributed by atoms with van der Waals surface area (Å²) in [4.78, 5) is 28.7. The molecule has 2 aromatic rings. The van der Waals surface area contributed by atoms with Crippen LogP contribution in [0, 0.1) is 11.3 Å². The van der Waals surface area contributed by atoms with Crippen molar-refractivity contribution in [2.24, 2.45) is 0 Å². The van der Waals surface area contributed by atoms with Crippen molar-refractivity contribution in [3.05, 3.63) is 47.5 Å². The van der Waals surface area contributed by atoms with Gasteiger partial charge in [-0.05, 0) is 35.4 Å². The molecule has 4 rings (SSSR count). The molecule has 0 bridgehead atoms. The van der Waals surface area contributed by atoms with Crippen LogP contribution in [-0.2, 0) is 9.59 Å². The first-order chi connectivity index (χ1) is 15.1. The Morgan fingerprint density at radius 1 is 1.16 bits per heavy atom. The summed E-state index contributed by atoms with van der Waals surface area (Å²) >= 11 is 6.46. The van der Waals surface area contributed by atoms with E-state index in [1.807, 2.05) is 18.2 Å². The molecule has 0 aromatic heterocycles. The first-order valence-corrected chi connectivity index (χ1v) is 10.7. The standard InChI is InChI=1S/C23H24ClN5O2/c24-20-6-3-17(16-1-4-18(5-2-16)28-11-9-26-10-12-28)13-21(20)29-15-19(30)14-22(29)23(31)27-8-7-25/h1-6,13,22,26H,8-12,14-15H2,(H,27,31)/t22-/m0/s1. The SMILES string of the molecule is N#CCNC(=O)[C@@H]1CC(=O)CN1c1cc(-c2ccc(N3CCNCC3)cc2)ccc1Cl. The number of hydrogen-bond donors (Lipinski definition) is 2. The van der Waals surface area contributed by atoms with Crippen LogP contribution in [0.15, 0.2) is 42.5 Å². The first-order valence-electron chi connectivity index (χ1n) is 10.4. The van der Waals surface area contributed by atoms with Gasteiger partial charge in [-0.25, -0.2) is 0 Å². The van der Waals surface area contributed by atoms with E-state index in [4.69, 9.17) is 16.9 Å². The third kappa shape index (κ3) is 4.66. The second-order valence-corrected chi connectivity index (χ2v) is 8.12. The fraction of sp³-hybridized carbons (Fsp3) is 0.348. The molecule has 2 aromatic carbocycles. The number of nitrogens with zero attached hydrogens (tertiary/aromatic N) is 3. The Hall–Kier alpha value is -3.08. The number of amides is 1. The van der Waals surface area contributed by atoms with Crippen molar-refractivity contribution in [3.8, 4) is 17.2 Å². The Labute approximate surface area is 186 Å². The summed E-state index contributed by atoms with van der Waals surface area (Å²) in [6, 6.07) is 15.3. The number of carbonyl (C=O) groups excluding carboxylic acids is 2. The highest BCUT2D eigenvalue weighted by Crippen LogP contribution is 2.35. The predicted molar refractivity (Wildman–Crippen MR) is 121 cm³/mol. The average molecular weight is 438 g/mol. The lowest BCUT2D eigenvalue weighted by Gasteiger charge is -2.29. The van der Waals surface area contributed by atoms with Gasteiger partial charge in [0.1, 0.15) is 12.6 Å². The highest BCUT2D eigenvalue weighted by molar-refractivity contribution is 6.33. The Kier molecular flexibility index (Phi) is 6.40. The summed E-state index contributed by atoms with van der Waals surface area (Å²) in [6.07, 6.45) is 0.108. The predicted octanol–water partition coefficient (Wildman–Crippen LogP) is 2.20. The molecule has 7 nitrogen and oxygen atoms in total. The molecule has 160 valence electrons. The van der Waals surface area contributed by atoms with Crippen LogP contribution in [0.3, 0.4) is 0 Å². The number of carbonyl (C=O) groups is 2. The van der Waals surface area contributed by atoms with Crippen molar-refractivity contribution in [3.63, 3.8) is 0 Å². The van der Waals surface area contributed by atoms with Crippen molar-refractivity contribution >= 4 is 34.7 Å². The minimum Gasteiger partial charge on any atom is -0.369 e. The first kappa shape index (κ1) is 21.2. The van der Waals surface area contributed by atoms with Crippen molar-refractivity contribution in [1.29, 1.82) is 5.26 Å². The van der Waals surface area contributed by atoms with E-state index >= 15 is 0 Å². The van der Waals surface area contributed by atoms with Crippen molar-refractivity contribution in [2.45, 2.75) is 12.5 Å². The molecule has 8 heteroatoms. The molecule has 2 heterocycles. The minimum absolute atomic E-state index is 0.0287. The van der Waals surface area contributed by atoms with E-state index in [0.717, 1.165) is 37.3 Å². The lowest BCUT2D eigenvalue weighted by molar-refractivity contribution is -0.123. The van der Waals surface area contributed by atoms with Gasteiger partial charge < -0.3 is 20.4 Å². The Morgan fingerprint density at radius 3 is 2.58 bits per heavy atom. The van der Waals surface area contributed by atoms with Gasteiger partial charge >= 0.3 is 0 Å². The van der Waals surface area contributed by atoms with E-state index in [2.05, 4.69) is 39.8 Å². The number of nitrogens with one attached hydrogen (secondary N) is 2. The number of piperazine rings is 1. The summed E-state index contributed by atoms with van der Waals surface area (Å²) in [5, 5.41) is 15.1. The minimum atomic E-state index is -0.663. The summed E-state index contributed by atoms with van der Waals surface area (Å²) in [7, 11) is 0. The smallest absolute Gasteiger partial charge is 0.244 e. The number of Topliss-reactive ketones (excluding diaryl/α,β-unsaturated/α-hetero) is 1. The van der Waals surface area contributed by atoms with Crippen molar-refractivity contribution in [2.75, 3.05) is 49.1 Å². The van der Waals surface area contributed by atoms with Gasteiger partial charge in [0.05, 0.1) is 23.3 Å². The number of anilines is 2. The number of hydrogen-bond acceptors (Lipinski definition) is 6. The maximum atomic E-state index is 12.5. The van der Waals surface area contributed by atoms with E-state index in [9.17, 15) is 9.59 Å². The number of halogens is 1. The summed E-state index contributed by atoms with van der Waals surface area (Å²) in [6.45, 7) is 3.98. The van der Waals surface area contributed by atoms with E-state index in [1.54, 1.807) is 11.0 Å². The van der Waals surface area contributed by atoms with Crippen LogP contribution in [0.25, 0.3) is 11.1 Å². The lowest BCUT2D eigenvalue weighted by atomic mass is 10.0. The summed E-state index contributed by atoms with van der Waals surface area (Å²) < 4.78 is 0. The molecule has 1 atom stereocenters. The van der Waals surface area contributed by atoms with Gasteiger partial charge in [0, 0.05) is 38.3 Å². The molecule has 0 saturated carbocycles. The van der Waals surface area contributed by atoms with Crippen molar-refractivity contribution in [1.82, 2.24) is 10.6 Å². The fourth-order valence-electron chi connectivity index (χ4n) is 4.12. The van der Waals surface area contributed by atoms with Gasteiger partial charge in [-0.2, -0.15) is 5.26 Å². The van der Waals surface area contributed by atoms with Crippen LogP contribution in [0.1, 0.15) is 6.42 Å². The molecule has 2 aliphatic heterocycles. The van der Waals surface area contributed by atoms with Gasteiger partial charge in [0.25, 0.3) is 0 Å².